The summed E-state index contributed by atoms with van der Waals surface area (Å²) >= 11 is 22.7. The number of rotatable bonds is 6. The summed E-state index contributed by atoms with van der Waals surface area (Å²) in [5.41, 5.74) is 6.18. The Morgan fingerprint density at radius 1 is 0.667 bits per heavy atom. The van der Waals surface area contributed by atoms with E-state index in [4.69, 9.17) is 62.8 Å². The number of nitrogens with one attached hydrogen (secondary N) is 3. The quantitative estimate of drug-likeness (QED) is 0.159. The lowest BCUT2D eigenvalue weighted by Crippen LogP contribution is -2.40. The van der Waals surface area contributed by atoms with Crippen LogP contribution in [0.4, 0.5) is 5.69 Å². The third kappa shape index (κ3) is 15.5. The summed E-state index contributed by atoms with van der Waals surface area (Å²) < 4.78 is 53.3. The number of nitriles is 2. The molecule has 16 heteroatoms. The highest BCUT2D eigenvalue weighted by atomic mass is 35.5. The third-order valence-corrected chi connectivity index (χ3v) is 9.02. The minimum absolute atomic E-state index is 0.00326. The van der Waals surface area contributed by atoms with E-state index in [-0.39, 0.29) is 20.4 Å². The zero-order chi connectivity index (χ0) is 34.8. The van der Waals surface area contributed by atoms with E-state index >= 15 is 0 Å². The number of hydrogen-bond donors (Lipinski definition) is 4. The second kappa shape index (κ2) is 16.8. The first kappa shape index (κ1) is 40.4. The second-order valence-corrected chi connectivity index (χ2v) is 16.4. The van der Waals surface area contributed by atoms with Crippen LogP contribution in [0.1, 0.15) is 58.2 Å². The first-order valence-electron chi connectivity index (χ1n) is 12.9. The van der Waals surface area contributed by atoms with Gasteiger partial charge in [0.05, 0.1) is 33.1 Å². The minimum atomic E-state index is -3.66. The van der Waals surface area contributed by atoms with Crippen molar-refractivity contribution in [3.63, 3.8) is 0 Å². The molecule has 10 nitrogen and oxygen atoms in total. The van der Waals surface area contributed by atoms with Crippen LogP contribution in [0.2, 0.25) is 15.1 Å². The summed E-state index contributed by atoms with van der Waals surface area (Å²) in [5, 5.41) is 18.3. The molecule has 0 saturated carbocycles. The molecule has 0 heterocycles. The zero-order valence-electron chi connectivity index (χ0n) is 25.3. The molecule has 3 rings (SSSR count). The van der Waals surface area contributed by atoms with E-state index in [0.717, 1.165) is 0 Å². The number of hydrogen-bond acceptors (Lipinski definition) is 8. The van der Waals surface area contributed by atoms with E-state index in [2.05, 4.69) is 14.3 Å². The molecule has 0 aliphatic carbocycles. The van der Waals surface area contributed by atoms with E-state index in [1.54, 1.807) is 65.8 Å². The topological polar surface area (TPSA) is 178 Å². The number of halogens is 4. The van der Waals surface area contributed by atoms with Crippen molar-refractivity contribution in [1.82, 2.24) is 14.3 Å². The Morgan fingerprint density at radius 2 is 1.07 bits per heavy atom. The lowest BCUT2D eigenvalue weighted by Gasteiger charge is -2.20. The highest BCUT2D eigenvalue weighted by Gasteiger charge is 2.23. The molecule has 0 atom stereocenters. The molecule has 3 aromatic carbocycles. The van der Waals surface area contributed by atoms with Gasteiger partial charge in [0.2, 0.25) is 20.0 Å². The van der Waals surface area contributed by atoms with Crippen molar-refractivity contribution in [3.05, 3.63) is 86.4 Å². The molecule has 45 heavy (non-hydrogen) atoms. The highest BCUT2D eigenvalue weighted by molar-refractivity contribution is 7.89. The van der Waals surface area contributed by atoms with Crippen LogP contribution < -0.4 is 20.0 Å². The fourth-order valence-electron chi connectivity index (χ4n) is 3.34. The van der Waals surface area contributed by atoms with Gasteiger partial charge < -0.3 is 5.73 Å². The molecule has 0 aliphatic rings. The maximum atomic E-state index is 12.1. The fraction of sp³-hybridized carbons (Fsp3) is 0.310. The monoisotopic (exact) mass is 734 g/mol. The highest BCUT2D eigenvalue weighted by Crippen LogP contribution is 2.22. The van der Waals surface area contributed by atoms with Gasteiger partial charge in [-0.1, -0.05) is 34.8 Å². The molecule has 0 saturated heterocycles. The van der Waals surface area contributed by atoms with E-state index in [0.29, 0.717) is 33.4 Å². The van der Waals surface area contributed by atoms with Gasteiger partial charge in [-0.15, -0.1) is 0 Å². The molecule has 3 aromatic rings. The van der Waals surface area contributed by atoms with E-state index in [9.17, 15) is 16.8 Å². The first-order valence-corrected chi connectivity index (χ1v) is 17.4. The molecule has 244 valence electrons. The summed E-state index contributed by atoms with van der Waals surface area (Å²) in [6.45, 7) is 10.9. The van der Waals surface area contributed by atoms with Crippen molar-refractivity contribution >= 4 is 72.3 Å². The Labute approximate surface area is 285 Å². The molecular weight excluding hydrogens is 702 g/mol. The number of anilines is 1. The van der Waals surface area contributed by atoms with Crippen molar-refractivity contribution in [1.29, 1.82) is 10.5 Å². The Balaban J connectivity index is 0.000000351. The lowest BCUT2D eigenvalue weighted by atomic mass is 10.1. The smallest absolute Gasteiger partial charge is 0.241 e. The van der Waals surface area contributed by atoms with E-state index < -0.39 is 31.1 Å². The summed E-state index contributed by atoms with van der Waals surface area (Å²) in [5.74, 6) is 0. The molecule has 0 unspecified atom stereocenters. The van der Waals surface area contributed by atoms with Crippen LogP contribution in [0.5, 0.6) is 0 Å². The van der Waals surface area contributed by atoms with Gasteiger partial charge in [-0.05, 0) is 113 Å². The van der Waals surface area contributed by atoms with E-state index in [1.807, 2.05) is 12.1 Å². The summed E-state index contributed by atoms with van der Waals surface area (Å²) in [6.07, 6.45) is 0. The fourth-order valence-corrected chi connectivity index (χ4v) is 7.36. The molecule has 0 radical (unpaired) electrons. The van der Waals surface area contributed by atoms with Gasteiger partial charge in [-0.3, -0.25) is 0 Å². The Bertz CT molecular complexity index is 1770. The van der Waals surface area contributed by atoms with Crippen LogP contribution in [0.3, 0.4) is 0 Å². The number of nitrogens with zero attached hydrogens (tertiary/aromatic N) is 2. The predicted octanol–water partition coefficient (Wildman–Crippen LogP) is 6.74. The summed E-state index contributed by atoms with van der Waals surface area (Å²) in [4.78, 5) is 2.56. The van der Waals surface area contributed by atoms with E-state index in [1.165, 1.54) is 30.3 Å². The van der Waals surface area contributed by atoms with Crippen LogP contribution in [0.25, 0.3) is 0 Å². The van der Waals surface area contributed by atoms with Crippen molar-refractivity contribution in [2.45, 2.75) is 69.0 Å². The van der Waals surface area contributed by atoms with Gasteiger partial charge >= 0.3 is 0 Å². The van der Waals surface area contributed by atoms with Crippen LogP contribution in [-0.2, 0) is 26.6 Å². The lowest BCUT2D eigenvalue weighted by molar-refractivity contribution is 0.490. The summed E-state index contributed by atoms with van der Waals surface area (Å²) in [7, 11) is -7.25. The molecule has 0 fully saturated rings. The number of nitrogens with two attached hydrogens (primary N) is 1. The molecule has 5 N–H and O–H groups in total. The third-order valence-electron chi connectivity index (χ3n) is 4.75. The molecule has 0 aliphatic heterocycles. The van der Waals surface area contributed by atoms with Crippen molar-refractivity contribution in [2.75, 3.05) is 5.73 Å². The zero-order valence-corrected chi connectivity index (χ0v) is 30.0. The molecule has 0 aromatic heterocycles. The van der Waals surface area contributed by atoms with Crippen molar-refractivity contribution in [2.24, 2.45) is 0 Å². The van der Waals surface area contributed by atoms with Crippen LogP contribution in [0.15, 0.2) is 64.4 Å². The Morgan fingerprint density at radius 3 is 1.47 bits per heavy atom. The standard InChI is InChI=1S/C11H16Cl2N2O2S.C11H13ClN2O2S.C7H5ClN2/c1-11(2,3)15-18(16,17)10-5-8(7-14-13)4-9(12)6-10;1-11(2,3)14-17(15,16)10-5-8(7-13)4-9(12)6-10;8-6-1-5(4-9)2-7(10)3-6/h4-6,14-15H,7H2,1-3H3;4-6,14H,1-3H3;1-3H,10H2. The van der Waals surface area contributed by atoms with Crippen LogP contribution >= 0.6 is 46.6 Å². The molecular formula is C29H34Cl4N6O4S2. The first-order chi connectivity index (χ1) is 20.5. The maximum Gasteiger partial charge on any atom is 0.241 e. The van der Waals surface area contributed by atoms with Crippen molar-refractivity contribution in [3.8, 4) is 12.1 Å². The second-order valence-electron chi connectivity index (χ2n) is 11.5. The normalized spacial score (nSPS) is 11.6. The number of nitrogen functional groups attached to an aromatic ring is 1. The van der Waals surface area contributed by atoms with Crippen molar-refractivity contribution < 1.29 is 16.8 Å². The average molecular weight is 737 g/mol. The maximum absolute atomic E-state index is 12.1. The summed E-state index contributed by atoms with van der Waals surface area (Å²) in [6, 6.07) is 17.2. The van der Waals surface area contributed by atoms with Gasteiger partial charge in [-0.25, -0.2) is 31.1 Å². The van der Waals surface area contributed by atoms with Gasteiger partial charge in [0.15, 0.2) is 0 Å². The van der Waals surface area contributed by atoms with Crippen LogP contribution in [-0.4, -0.2) is 27.9 Å². The molecule has 0 bridgehead atoms. The number of benzene rings is 3. The average Bonchev–Trinajstić information content (AvgIpc) is 2.85. The minimum Gasteiger partial charge on any atom is -0.399 e. The van der Waals surface area contributed by atoms with Crippen LogP contribution in [0, 0.1) is 22.7 Å². The van der Waals surface area contributed by atoms with Gasteiger partial charge in [0, 0.05) is 38.4 Å². The molecule has 0 amide bonds. The largest absolute Gasteiger partial charge is 0.399 e. The number of sulfonamides is 2. The molecule has 0 spiro atoms. The van der Waals surface area contributed by atoms with Gasteiger partial charge in [0.25, 0.3) is 0 Å². The predicted molar refractivity (Wildman–Crippen MR) is 181 cm³/mol. The Kier molecular flexibility index (Phi) is 15.1. The Hall–Kier alpha value is -2.62. The SMILES string of the molecule is CC(C)(C)NS(=O)(=O)c1cc(Cl)cc(C#N)c1.CC(C)(C)NS(=O)(=O)c1cc(Cl)cc(CNCl)c1.N#Cc1cc(N)cc(Cl)c1. The van der Waals surface area contributed by atoms with Gasteiger partial charge in [0.1, 0.15) is 0 Å². The van der Waals surface area contributed by atoms with Gasteiger partial charge in [-0.2, -0.15) is 10.5 Å².